The van der Waals surface area contributed by atoms with E-state index in [0.717, 1.165) is 12.2 Å². The fourth-order valence-electron chi connectivity index (χ4n) is 2.22. The van der Waals surface area contributed by atoms with Crippen molar-refractivity contribution in [2.24, 2.45) is 13.0 Å². The lowest BCUT2D eigenvalue weighted by Gasteiger charge is -2.22. The van der Waals surface area contributed by atoms with Crippen LogP contribution < -0.4 is 10.6 Å². The van der Waals surface area contributed by atoms with Gasteiger partial charge < -0.3 is 15.4 Å². The summed E-state index contributed by atoms with van der Waals surface area (Å²) in [5, 5.41) is 10.5. The molecule has 0 aromatic carbocycles. The summed E-state index contributed by atoms with van der Waals surface area (Å²) in [5.74, 6) is 0.646. The number of carbonyl (C=O) groups is 1. The number of nitrogens with one attached hydrogen (secondary N) is 2. The Hall–Kier alpha value is -1.56. The molecule has 6 heteroatoms. The lowest BCUT2D eigenvalue weighted by molar-refractivity contribution is 0.0521. The highest BCUT2D eigenvalue weighted by molar-refractivity contribution is 5.67. The average Bonchev–Trinajstić information content (AvgIpc) is 3.11. The maximum absolute atomic E-state index is 11.7. The van der Waals surface area contributed by atoms with Crippen LogP contribution in [0.5, 0.6) is 0 Å². The number of rotatable bonds is 6. The van der Waals surface area contributed by atoms with Gasteiger partial charge in [-0.25, -0.2) is 4.79 Å². The van der Waals surface area contributed by atoms with Gasteiger partial charge in [0, 0.05) is 32.4 Å². The number of ether oxygens (including phenoxy) is 1. The Kier molecular flexibility index (Phi) is 4.88. The van der Waals surface area contributed by atoms with Crippen LogP contribution in [-0.2, 0) is 18.3 Å². The second-order valence-corrected chi connectivity index (χ2v) is 6.65. The lowest BCUT2D eigenvalue weighted by Crippen LogP contribution is -2.43. The molecule has 21 heavy (non-hydrogen) atoms. The van der Waals surface area contributed by atoms with Crippen molar-refractivity contribution in [1.29, 1.82) is 0 Å². The highest BCUT2D eigenvalue weighted by Crippen LogP contribution is 2.32. The fraction of sp³-hybridized carbons (Fsp3) is 0.733. The third-order valence-electron chi connectivity index (χ3n) is 3.52. The van der Waals surface area contributed by atoms with Crippen LogP contribution in [0.4, 0.5) is 4.79 Å². The quantitative estimate of drug-likeness (QED) is 0.839. The molecule has 0 bridgehead atoms. The predicted molar refractivity (Wildman–Crippen MR) is 80.8 cm³/mol. The molecular weight excluding hydrogens is 268 g/mol. The van der Waals surface area contributed by atoms with Crippen molar-refractivity contribution < 1.29 is 9.53 Å². The Morgan fingerprint density at radius 1 is 1.52 bits per heavy atom. The molecule has 6 nitrogen and oxygen atoms in total. The highest BCUT2D eigenvalue weighted by atomic mass is 16.6. The summed E-state index contributed by atoms with van der Waals surface area (Å²) in [5.41, 5.74) is 0.680. The van der Waals surface area contributed by atoms with E-state index in [9.17, 15) is 4.79 Å². The van der Waals surface area contributed by atoms with Gasteiger partial charge in [-0.2, -0.15) is 5.10 Å². The van der Waals surface area contributed by atoms with Crippen LogP contribution in [0, 0.1) is 5.92 Å². The molecule has 2 N–H and O–H groups in total. The van der Waals surface area contributed by atoms with Gasteiger partial charge in [0.05, 0.1) is 5.69 Å². The lowest BCUT2D eigenvalue weighted by atomic mass is 10.2. The molecule has 0 saturated heterocycles. The van der Waals surface area contributed by atoms with Gasteiger partial charge in [-0.3, -0.25) is 4.68 Å². The van der Waals surface area contributed by atoms with E-state index in [2.05, 4.69) is 15.7 Å². The summed E-state index contributed by atoms with van der Waals surface area (Å²) in [6, 6.07) is 2.28. The third kappa shape index (κ3) is 5.38. The summed E-state index contributed by atoms with van der Waals surface area (Å²) in [6.45, 7) is 6.95. The Bertz CT molecular complexity index is 474. The number of amides is 1. The molecule has 1 atom stereocenters. The van der Waals surface area contributed by atoms with Gasteiger partial charge in [-0.15, -0.1) is 0 Å². The van der Waals surface area contributed by atoms with Crippen molar-refractivity contribution in [2.75, 3.05) is 6.54 Å². The van der Waals surface area contributed by atoms with E-state index >= 15 is 0 Å². The molecule has 1 saturated carbocycles. The first-order valence-corrected chi connectivity index (χ1v) is 7.52. The zero-order chi connectivity index (χ0) is 15.5. The zero-order valence-corrected chi connectivity index (χ0v) is 13.3. The second kappa shape index (κ2) is 6.47. The Morgan fingerprint density at radius 2 is 2.24 bits per heavy atom. The van der Waals surface area contributed by atoms with E-state index in [0.29, 0.717) is 12.5 Å². The van der Waals surface area contributed by atoms with Crippen molar-refractivity contribution in [1.82, 2.24) is 20.4 Å². The van der Waals surface area contributed by atoms with E-state index in [1.807, 2.05) is 38.6 Å². The number of hydrogen-bond acceptors (Lipinski definition) is 4. The molecular formula is C15H26N4O2. The molecule has 1 fully saturated rings. The van der Waals surface area contributed by atoms with E-state index in [1.54, 1.807) is 6.20 Å². The fourth-order valence-corrected chi connectivity index (χ4v) is 2.22. The van der Waals surface area contributed by atoms with E-state index in [4.69, 9.17) is 4.74 Å². The monoisotopic (exact) mass is 294 g/mol. The summed E-state index contributed by atoms with van der Waals surface area (Å²) >= 11 is 0. The second-order valence-electron chi connectivity index (χ2n) is 6.65. The van der Waals surface area contributed by atoms with Crippen molar-refractivity contribution in [3.05, 3.63) is 18.0 Å². The van der Waals surface area contributed by atoms with Crippen LogP contribution in [0.3, 0.4) is 0 Å². The minimum atomic E-state index is -0.457. The molecule has 0 radical (unpaired) electrons. The maximum atomic E-state index is 11.7. The molecule has 1 aliphatic rings. The SMILES string of the molecule is Cn1nccc1CNC(CNC(=O)OC(C)(C)C)C1CC1. The summed E-state index contributed by atoms with van der Waals surface area (Å²) in [6.07, 6.45) is 3.88. The summed E-state index contributed by atoms with van der Waals surface area (Å²) in [7, 11) is 1.93. The Labute approximate surface area is 126 Å². The van der Waals surface area contributed by atoms with Crippen LogP contribution in [0.2, 0.25) is 0 Å². The maximum Gasteiger partial charge on any atom is 0.407 e. The first kappa shape index (κ1) is 15.8. The van der Waals surface area contributed by atoms with Crippen molar-refractivity contribution >= 4 is 6.09 Å². The standard InChI is InChI=1S/C15H26N4O2/c1-15(2,3)21-14(20)17-10-13(11-5-6-11)16-9-12-7-8-18-19(12)4/h7-8,11,13,16H,5-6,9-10H2,1-4H3,(H,17,20). The minimum Gasteiger partial charge on any atom is -0.444 e. The molecule has 0 aliphatic heterocycles. The molecule has 1 unspecified atom stereocenters. The van der Waals surface area contributed by atoms with Crippen molar-refractivity contribution in [3.8, 4) is 0 Å². The van der Waals surface area contributed by atoms with Crippen molar-refractivity contribution in [2.45, 2.75) is 51.8 Å². The van der Waals surface area contributed by atoms with Crippen LogP contribution in [-0.4, -0.2) is 34.1 Å². The number of nitrogens with zero attached hydrogens (tertiary/aromatic N) is 2. The molecule has 1 aromatic rings. The van der Waals surface area contributed by atoms with E-state index < -0.39 is 5.60 Å². The van der Waals surface area contributed by atoms with Crippen LogP contribution in [0.25, 0.3) is 0 Å². The van der Waals surface area contributed by atoms with Gasteiger partial charge >= 0.3 is 6.09 Å². The number of alkyl carbamates (subject to hydrolysis) is 1. The largest absolute Gasteiger partial charge is 0.444 e. The van der Waals surface area contributed by atoms with Gasteiger partial charge in [0.1, 0.15) is 5.60 Å². The van der Waals surface area contributed by atoms with Gasteiger partial charge in [0.15, 0.2) is 0 Å². The number of carbonyl (C=O) groups excluding carboxylic acids is 1. The number of hydrogen-bond donors (Lipinski definition) is 2. The Balaban J connectivity index is 1.77. The topological polar surface area (TPSA) is 68.2 Å². The van der Waals surface area contributed by atoms with Gasteiger partial charge in [0.2, 0.25) is 0 Å². The Morgan fingerprint density at radius 3 is 2.76 bits per heavy atom. The summed E-state index contributed by atoms with van der Waals surface area (Å²) in [4.78, 5) is 11.7. The van der Waals surface area contributed by atoms with E-state index in [1.165, 1.54) is 12.8 Å². The third-order valence-corrected chi connectivity index (χ3v) is 3.52. The molecule has 1 aromatic heterocycles. The first-order valence-electron chi connectivity index (χ1n) is 7.52. The molecule has 1 heterocycles. The normalized spacial score (nSPS) is 16.6. The molecule has 0 spiro atoms. The number of aromatic nitrogens is 2. The molecule has 2 rings (SSSR count). The predicted octanol–water partition coefficient (Wildman–Crippen LogP) is 1.81. The van der Waals surface area contributed by atoms with E-state index in [-0.39, 0.29) is 12.1 Å². The highest BCUT2D eigenvalue weighted by Gasteiger charge is 2.31. The average molecular weight is 294 g/mol. The molecule has 118 valence electrons. The first-order chi connectivity index (χ1) is 9.85. The van der Waals surface area contributed by atoms with Crippen LogP contribution in [0.15, 0.2) is 12.3 Å². The molecule has 1 amide bonds. The minimum absolute atomic E-state index is 0.285. The molecule has 1 aliphatic carbocycles. The van der Waals surface area contributed by atoms with Crippen LogP contribution in [0.1, 0.15) is 39.3 Å². The van der Waals surface area contributed by atoms with Gasteiger partial charge in [-0.05, 0) is 45.6 Å². The van der Waals surface area contributed by atoms with Crippen molar-refractivity contribution in [3.63, 3.8) is 0 Å². The zero-order valence-electron chi connectivity index (χ0n) is 13.3. The number of aryl methyl sites for hydroxylation is 1. The van der Waals surface area contributed by atoms with Crippen LogP contribution >= 0.6 is 0 Å². The smallest absolute Gasteiger partial charge is 0.407 e. The summed E-state index contributed by atoms with van der Waals surface area (Å²) < 4.78 is 7.13. The van der Waals surface area contributed by atoms with Gasteiger partial charge in [0.25, 0.3) is 0 Å². The van der Waals surface area contributed by atoms with Gasteiger partial charge in [-0.1, -0.05) is 0 Å².